The highest BCUT2D eigenvalue weighted by Gasteiger charge is 2.15. The zero-order valence-electron chi connectivity index (χ0n) is 12.8. The summed E-state index contributed by atoms with van der Waals surface area (Å²) >= 11 is 0. The maximum absolute atomic E-state index is 11.6. The van der Waals surface area contributed by atoms with E-state index in [0.29, 0.717) is 30.4 Å². The molecule has 0 heterocycles. The lowest BCUT2D eigenvalue weighted by atomic mass is 10.2. The smallest absolute Gasteiger partial charge is 0.344 e. The van der Waals surface area contributed by atoms with Crippen LogP contribution in [-0.2, 0) is 16.1 Å². The van der Waals surface area contributed by atoms with E-state index in [1.54, 1.807) is 12.1 Å². The molecule has 0 saturated heterocycles. The van der Waals surface area contributed by atoms with Crippen molar-refractivity contribution in [2.24, 2.45) is 5.73 Å². The average Bonchev–Trinajstić information content (AvgIpc) is 2.52. The quantitative estimate of drug-likeness (QED) is 0.554. The largest absolute Gasteiger partial charge is 0.493 e. The minimum atomic E-state index is -0.421. The van der Waals surface area contributed by atoms with Crippen molar-refractivity contribution in [1.29, 1.82) is 0 Å². The Morgan fingerprint density at radius 3 is 2.29 bits per heavy atom. The topological polar surface area (TPSA) is 80.0 Å². The van der Waals surface area contributed by atoms with Crippen LogP contribution in [0, 0.1) is 0 Å². The Balaban J connectivity index is 2.75. The Hall–Kier alpha value is -1.95. The molecule has 0 saturated carbocycles. The van der Waals surface area contributed by atoms with Crippen LogP contribution >= 0.6 is 0 Å². The molecule has 118 valence electrons. The Morgan fingerprint density at radius 1 is 1.19 bits per heavy atom. The minimum Gasteiger partial charge on any atom is -0.493 e. The summed E-state index contributed by atoms with van der Waals surface area (Å²) in [6.07, 6.45) is 1.81. The van der Waals surface area contributed by atoms with Crippen LogP contribution < -0.4 is 19.9 Å². The molecule has 0 aliphatic carbocycles. The first kappa shape index (κ1) is 17.1. The van der Waals surface area contributed by atoms with Gasteiger partial charge in [0.05, 0.1) is 20.8 Å². The number of unbranched alkanes of at least 4 members (excludes halogenated alkanes) is 1. The van der Waals surface area contributed by atoms with Crippen LogP contribution in [0.4, 0.5) is 0 Å². The van der Waals surface area contributed by atoms with Crippen molar-refractivity contribution in [3.05, 3.63) is 17.7 Å². The molecule has 0 unspecified atom stereocenters. The van der Waals surface area contributed by atoms with Crippen molar-refractivity contribution in [2.45, 2.75) is 26.3 Å². The van der Waals surface area contributed by atoms with Gasteiger partial charge in [-0.15, -0.1) is 0 Å². The third kappa shape index (κ3) is 5.15. The lowest BCUT2D eigenvalue weighted by Gasteiger charge is -2.15. The van der Waals surface area contributed by atoms with E-state index in [9.17, 15) is 4.79 Å². The summed E-state index contributed by atoms with van der Waals surface area (Å²) in [5.74, 6) is 0.882. The number of nitrogens with two attached hydrogens (primary N) is 1. The van der Waals surface area contributed by atoms with Gasteiger partial charge in [0.1, 0.15) is 0 Å². The Bertz CT molecular complexity index is 436. The molecule has 0 aromatic heterocycles. The monoisotopic (exact) mass is 297 g/mol. The van der Waals surface area contributed by atoms with Gasteiger partial charge < -0.3 is 24.7 Å². The Morgan fingerprint density at radius 2 is 1.81 bits per heavy atom. The number of esters is 1. The molecule has 1 rings (SSSR count). The van der Waals surface area contributed by atoms with Gasteiger partial charge in [-0.3, -0.25) is 0 Å². The number of carbonyl (C=O) groups excluding carboxylic acids is 1. The van der Waals surface area contributed by atoms with Crippen LogP contribution in [0.3, 0.4) is 0 Å². The summed E-state index contributed by atoms with van der Waals surface area (Å²) in [6, 6.07) is 3.50. The maximum Gasteiger partial charge on any atom is 0.344 e. The molecule has 0 bridgehead atoms. The first-order valence-corrected chi connectivity index (χ1v) is 6.89. The summed E-state index contributed by atoms with van der Waals surface area (Å²) in [6.45, 7) is 2.59. The van der Waals surface area contributed by atoms with Crippen LogP contribution in [0.15, 0.2) is 12.1 Å². The van der Waals surface area contributed by atoms with Crippen molar-refractivity contribution in [1.82, 2.24) is 0 Å². The van der Waals surface area contributed by atoms with Crippen molar-refractivity contribution >= 4 is 5.97 Å². The summed E-state index contributed by atoms with van der Waals surface area (Å²) < 4.78 is 21.0. The number of ether oxygens (including phenoxy) is 4. The van der Waals surface area contributed by atoms with Gasteiger partial charge in [-0.2, -0.15) is 0 Å². The first-order chi connectivity index (χ1) is 10.2. The number of rotatable bonds is 9. The van der Waals surface area contributed by atoms with E-state index in [1.807, 2.05) is 6.92 Å². The third-order valence-electron chi connectivity index (χ3n) is 2.85. The van der Waals surface area contributed by atoms with Gasteiger partial charge in [-0.05, 0) is 24.1 Å². The standard InChI is InChI=1S/C15H23NO5/c1-4-5-6-20-14(17)10-21-15-12(18-2)7-11(9-16)8-13(15)19-3/h7-8H,4-6,9-10,16H2,1-3H3. The fourth-order valence-corrected chi connectivity index (χ4v) is 1.70. The average molecular weight is 297 g/mol. The molecule has 1 aromatic rings. The minimum absolute atomic E-state index is 0.196. The molecule has 21 heavy (non-hydrogen) atoms. The van der Waals surface area contributed by atoms with E-state index < -0.39 is 5.97 Å². The second-order valence-electron chi connectivity index (χ2n) is 4.40. The van der Waals surface area contributed by atoms with Crippen LogP contribution in [0.25, 0.3) is 0 Å². The van der Waals surface area contributed by atoms with Crippen molar-refractivity contribution in [2.75, 3.05) is 27.4 Å². The molecule has 0 radical (unpaired) electrons. The fraction of sp³-hybridized carbons (Fsp3) is 0.533. The van der Waals surface area contributed by atoms with Crippen LogP contribution in [0.1, 0.15) is 25.3 Å². The van der Waals surface area contributed by atoms with Gasteiger partial charge in [0.2, 0.25) is 5.75 Å². The number of hydrogen-bond acceptors (Lipinski definition) is 6. The second-order valence-corrected chi connectivity index (χ2v) is 4.40. The molecular formula is C15H23NO5. The zero-order chi connectivity index (χ0) is 15.7. The molecule has 6 heteroatoms. The van der Waals surface area contributed by atoms with Gasteiger partial charge in [0.15, 0.2) is 18.1 Å². The molecular weight excluding hydrogens is 274 g/mol. The van der Waals surface area contributed by atoms with Crippen molar-refractivity contribution in [3.8, 4) is 17.2 Å². The van der Waals surface area contributed by atoms with E-state index >= 15 is 0 Å². The molecule has 6 nitrogen and oxygen atoms in total. The normalized spacial score (nSPS) is 10.1. The molecule has 0 aliphatic heterocycles. The van der Waals surface area contributed by atoms with E-state index in [4.69, 9.17) is 24.7 Å². The van der Waals surface area contributed by atoms with Crippen molar-refractivity contribution < 1.29 is 23.7 Å². The van der Waals surface area contributed by atoms with Crippen molar-refractivity contribution in [3.63, 3.8) is 0 Å². The van der Waals surface area contributed by atoms with Gasteiger partial charge in [-0.1, -0.05) is 13.3 Å². The molecule has 0 fully saturated rings. The van der Waals surface area contributed by atoms with E-state index in [1.165, 1.54) is 14.2 Å². The van der Waals surface area contributed by atoms with Gasteiger partial charge in [0.25, 0.3) is 0 Å². The van der Waals surface area contributed by atoms with Gasteiger partial charge >= 0.3 is 5.97 Å². The third-order valence-corrected chi connectivity index (χ3v) is 2.85. The molecule has 1 aromatic carbocycles. The van der Waals surface area contributed by atoms with Gasteiger partial charge in [0, 0.05) is 6.54 Å². The molecule has 2 N–H and O–H groups in total. The summed E-state index contributed by atoms with van der Waals surface area (Å²) in [7, 11) is 3.03. The lowest BCUT2D eigenvalue weighted by Crippen LogP contribution is -2.16. The Labute approximate surface area is 125 Å². The number of benzene rings is 1. The fourth-order valence-electron chi connectivity index (χ4n) is 1.70. The highest BCUT2D eigenvalue weighted by molar-refractivity contribution is 5.71. The molecule has 0 amide bonds. The second kappa shape index (κ2) is 9.07. The number of carbonyl (C=O) groups is 1. The highest BCUT2D eigenvalue weighted by Crippen LogP contribution is 2.38. The summed E-state index contributed by atoms with van der Waals surface area (Å²) in [5, 5.41) is 0. The SMILES string of the molecule is CCCCOC(=O)COc1c(OC)cc(CN)cc1OC. The van der Waals surface area contributed by atoms with Gasteiger partial charge in [-0.25, -0.2) is 4.79 Å². The molecule has 0 aliphatic rings. The van der Waals surface area contributed by atoms with Crippen LogP contribution in [0.5, 0.6) is 17.2 Å². The predicted molar refractivity (Wildman–Crippen MR) is 78.8 cm³/mol. The predicted octanol–water partition coefficient (Wildman–Crippen LogP) is 1.88. The Kier molecular flexibility index (Phi) is 7.39. The highest BCUT2D eigenvalue weighted by atomic mass is 16.6. The van der Waals surface area contributed by atoms with Crippen LogP contribution in [-0.4, -0.2) is 33.4 Å². The zero-order valence-corrected chi connectivity index (χ0v) is 12.8. The summed E-state index contributed by atoms with van der Waals surface area (Å²) in [5.41, 5.74) is 6.46. The number of methoxy groups -OCH3 is 2. The lowest BCUT2D eigenvalue weighted by molar-refractivity contribution is -0.146. The maximum atomic E-state index is 11.6. The van der Waals surface area contributed by atoms with Crippen LogP contribution in [0.2, 0.25) is 0 Å². The van der Waals surface area contributed by atoms with E-state index in [2.05, 4.69) is 0 Å². The first-order valence-electron chi connectivity index (χ1n) is 6.89. The molecule has 0 atom stereocenters. The summed E-state index contributed by atoms with van der Waals surface area (Å²) in [4.78, 5) is 11.6. The van der Waals surface area contributed by atoms with E-state index in [0.717, 1.165) is 18.4 Å². The molecule has 0 spiro atoms. The number of hydrogen-bond donors (Lipinski definition) is 1. The van der Waals surface area contributed by atoms with E-state index in [-0.39, 0.29) is 6.61 Å².